The van der Waals surface area contributed by atoms with E-state index in [4.69, 9.17) is 26.7 Å². The number of amidine groups is 1. The van der Waals surface area contributed by atoms with Crippen LogP contribution in [0.3, 0.4) is 0 Å². The summed E-state index contributed by atoms with van der Waals surface area (Å²) in [4.78, 5) is 0. The molecule has 0 unspecified atom stereocenters. The Bertz CT molecular complexity index is 1160. The summed E-state index contributed by atoms with van der Waals surface area (Å²) in [5, 5.41) is 30.1. The number of terminal acetylenes is 1. The zero-order valence-electron chi connectivity index (χ0n) is 17.8. The normalized spacial score (nSPS) is 10.2. The number of phenolic OH excluding ortho intramolecular Hbond substituents is 1. The van der Waals surface area contributed by atoms with Crippen LogP contribution in [0.5, 0.6) is 11.5 Å². The zero-order chi connectivity index (χ0) is 22.9. The fourth-order valence-corrected chi connectivity index (χ4v) is 3.14. The molecule has 0 aromatic heterocycles. The molecule has 3 aromatic carbocycles. The number of rotatable bonds is 9. The molecule has 0 aliphatic heterocycles. The van der Waals surface area contributed by atoms with Crippen molar-refractivity contribution in [2.24, 2.45) is 0 Å². The molecule has 0 amide bonds. The van der Waals surface area contributed by atoms with Gasteiger partial charge in [-0.3, -0.25) is 10.8 Å². The fraction of sp³-hybridized carbons (Fsp3) is 0.154. The van der Waals surface area contributed by atoms with Crippen molar-refractivity contribution < 1.29 is 14.6 Å². The van der Waals surface area contributed by atoms with Crippen LogP contribution in [0.2, 0.25) is 0 Å². The predicted octanol–water partition coefficient (Wildman–Crippen LogP) is 4.28. The second kappa shape index (κ2) is 10.8. The topological polar surface area (TPSA) is 98.4 Å². The van der Waals surface area contributed by atoms with Crippen LogP contribution in [0.15, 0.2) is 66.7 Å². The SMILES string of the molecule is C#Cc1ccc(C(=N)c2ccccc2C(=N)NCc2cccc(O)c2)c(OCOCC)c1. The van der Waals surface area contributed by atoms with Gasteiger partial charge in [0.1, 0.15) is 17.3 Å². The van der Waals surface area contributed by atoms with Crippen molar-refractivity contribution in [2.45, 2.75) is 13.5 Å². The molecule has 3 rings (SSSR count). The lowest BCUT2D eigenvalue weighted by atomic mass is 9.95. The van der Waals surface area contributed by atoms with E-state index in [0.717, 1.165) is 5.56 Å². The second-order valence-corrected chi connectivity index (χ2v) is 6.93. The molecule has 4 N–H and O–H groups in total. The highest BCUT2D eigenvalue weighted by Crippen LogP contribution is 2.25. The summed E-state index contributed by atoms with van der Waals surface area (Å²) in [6.07, 6.45) is 5.52. The summed E-state index contributed by atoms with van der Waals surface area (Å²) in [6, 6.07) is 19.3. The van der Waals surface area contributed by atoms with E-state index in [0.29, 0.717) is 41.2 Å². The van der Waals surface area contributed by atoms with Gasteiger partial charge in [0.2, 0.25) is 0 Å². The first-order chi connectivity index (χ1) is 15.5. The molecule has 0 saturated heterocycles. The molecule has 0 saturated carbocycles. The Morgan fingerprint density at radius 2 is 1.78 bits per heavy atom. The summed E-state index contributed by atoms with van der Waals surface area (Å²) in [5.41, 5.74) is 3.40. The molecule has 162 valence electrons. The lowest BCUT2D eigenvalue weighted by Gasteiger charge is -2.16. The second-order valence-electron chi connectivity index (χ2n) is 6.93. The molecule has 3 aromatic rings. The largest absolute Gasteiger partial charge is 0.508 e. The van der Waals surface area contributed by atoms with E-state index in [1.54, 1.807) is 48.5 Å². The molecule has 0 fully saturated rings. The fourth-order valence-electron chi connectivity index (χ4n) is 3.14. The molecule has 32 heavy (non-hydrogen) atoms. The smallest absolute Gasteiger partial charge is 0.189 e. The Hall–Kier alpha value is -4.08. The van der Waals surface area contributed by atoms with Crippen molar-refractivity contribution in [3.05, 3.63) is 94.5 Å². The van der Waals surface area contributed by atoms with Crippen LogP contribution in [0.1, 0.15) is 34.7 Å². The minimum atomic E-state index is 0.0494. The van der Waals surface area contributed by atoms with Crippen LogP contribution < -0.4 is 10.1 Å². The minimum Gasteiger partial charge on any atom is -0.508 e. The Morgan fingerprint density at radius 3 is 2.50 bits per heavy atom. The Morgan fingerprint density at radius 1 is 1.00 bits per heavy atom. The lowest BCUT2D eigenvalue weighted by Crippen LogP contribution is -2.25. The average molecular weight is 428 g/mol. The van der Waals surface area contributed by atoms with Gasteiger partial charge in [0.15, 0.2) is 6.79 Å². The quantitative estimate of drug-likeness (QED) is 0.135. The molecule has 0 aliphatic rings. The maximum Gasteiger partial charge on any atom is 0.189 e. The zero-order valence-corrected chi connectivity index (χ0v) is 17.8. The Kier molecular flexibility index (Phi) is 7.63. The van der Waals surface area contributed by atoms with Gasteiger partial charge in [-0.2, -0.15) is 0 Å². The van der Waals surface area contributed by atoms with E-state index < -0.39 is 0 Å². The number of nitrogens with one attached hydrogen (secondary N) is 3. The van der Waals surface area contributed by atoms with Gasteiger partial charge in [0.05, 0.1) is 5.71 Å². The third-order valence-electron chi connectivity index (χ3n) is 4.77. The summed E-state index contributed by atoms with van der Waals surface area (Å²) >= 11 is 0. The van der Waals surface area contributed by atoms with E-state index >= 15 is 0 Å². The molecular formula is C26H25N3O3. The number of hydrogen-bond donors (Lipinski definition) is 4. The maximum atomic E-state index is 9.64. The molecule has 0 radical (unpaired) electrons. The van der Waals surface area contributed by atoms with Crippen LogP contribution in [0.25, 0.3) is 0 Å². The molecule has 6 nitrogen and oxygen atoms in total. The number of ether oxygens (including phenoxy) is 2. The van der Waals surface area contributed by atoms with Crippen LogP contribution in [0.4, 0.5) is 0 Å². The average Bonchev–Trinajstić information content (AvgIpc) is 2.82. The van der Waals surface area contributed by atoms with Crippen molar-refractivity contribution in [3.8, 4) is 23.8 Å². The molecule has 6 heteroatoms. The highest BCUT2D eigenvalue weighted by atomic mass is 16.7. The minimum absolute atomic E-state index is 0.0494. The van der Waals surface area contributed by atoms with Crippen molar-refractivity contribution in [3.63, 3.8) is 0 Å². The van der Waals surface area contributed by atoms with Crippen molar-refractivity contribution in [2.75, 3.05) is 13.4 Å². The first-order valence-corrected chi connectivity index (χ1v) is 10.1. The molecule has 0 atom stereocenters. The van der Waals surface area contributed by atoms with Gasteiger partial charge in [-0.15, -0.1) is 6.42 Å². The number of phenols is 1. The first kappa shape index (κ1) is 22.6. The van der Waals surface area contributed by atoms with Crippen LogP contribution in [-0.2, 0) is 11.3 Å². The van der Waals surface area contributed by atoms with Gasteiger partial charge in [0.25, 0.3) is 0 Å². The van der Waals surface area contributed by atoms with Crippen molar-refractivity contribution in [1.29, 1.82) is 10.8 Å². The molecule has 0 aliphatic carbocycles. The Balaban J connectivity index is 1.86. The summed E-state index contributed by atoms with van der Waals surface area (Å²) in [5.74, 6) is 3.37. The van der Waals surface area contributed by atoms with E-state index in [-0.39, 0.29) is 24.1 Å². The van der Waals surface area contributed by atoms with Gasteiger partial charge in [-0.05, 0) is 42.8 Å². The number of benzene rings is 3. The summed E-state index contributed by atoms with van der Waals surface area (Å²) in [7, 11) is 0. The molecule has 0 heterocycles. The monoisotopic (exact) mass is 427 g/mol. The third-order valence-corrected chi connectivity index (χ3v) is 4.77. The van der Waals surface area contributed by atoms with E-state index in [2.05, 4.69) is 11.2 Å². The first-order valence-electron chi connectivity index (χ1n) is 10.1. The number of hydrogen-bond acceptors (Lipinski definition) is 5. The van der Waals surface area contributed by atoms with E-state index in [1.807, 2.05) is 25.1 Å². The van der Waals surface area contributed by atoms with Crippen LogP contribution in [0, 0.1) is 23.2 Å². The van der Waals surface area contributed by atoms with Crippen molar-refractivity contribution >= 4 is 11.5 Å². The maximum absolute atomic E-state index is 9.64. The summed E-state index contributed by atoms with van der Waals surface area (Å²) < 4.78 is 11.0. The Labute approximate surface area is 187 Å². The third kappa shape index (κ3) is 5.54. The van der Waals surface area contributed by atoms with Gasteiger partial charge in [-0.1, -0.05) is 42.3 Å². The molecule has 0 spiro atoms. The standard InChI is InChI=1S/C26H25N3O3/c1-3-18-12-13-23(24(15-18)32-17-31-4-2)25(27)21-10-5-6-11-22(21)26(28)29-16-19-8-7-9-20(30)14-19/h1,5-15,27,30H,4,16-17H2,2H3,(H2,28,29). The highest BCUT2D eigenvalue weighted by molar-refractivity contribution is 6.18. The van der Waals surface area contributed by atoms with Crippen LogP contribution in [-0.4, -0.2) is 30.1 Å². The summed E-state index contributed by atoms with van der Waals surface area (Å²) in [6.45, 7) is 2.80. The van der Waals surface area contributed by atoms with Gasteiger partial charge in [-0.25, -0.2) is 0 Å². The van der Waals surface area contributed by atoms with E-state index in [1.165, 1.54) is 0 Å². The number of aromatic hydroxyl groups is 1. The lowest BCUT2D eigenvalue weighted by molar-refractivity contribution is 0.0223. The van der Waals surface area contributed by atoms with Gasteiger partial charge >= 0.3 is 0 Å². The van der Waals surface area contributed by atoms with E-state index in [9.17, 15) is 5.11 Å². The molecular weight excluding hydrogens is 402 g/mol. The van der Waals surface area contributed by atoms with Crippen LogP contribution >= 0.6 is 0 Å². The predicted molar refractivity (Wildman–Crippen MR) is 126 cm³/mol. The van der Waals surface area contributed by atoms with Gasteiger partial charge < -0.3 is 19.9 Å². The van der Waals surface area contributed by atoms with Gasteiger partial charge in [0, 0.05) is 35.4 Å². The highest BCUT2D eigenvalue weighted by Gasteiger charge is 2.17. The van der Waals surface area contributed by atoms with Crippen molar-refractivity contribution in [1.82, 2.24) is 5.32 Å². The molecule has 0 bridgehead atoms.